The van der Waals surface area contributed by atoms with Gasteiger partial charge in [0, 0.05) is 23.4 Å². The van der Waals surface area contributed by atoms with Crippen molar-refractivity contribution in [3.63, 3.8) is 0 Å². The number of pyridine rings is 1. The maximum absolute atomic E-state index is 4.05. The van der Waals surface area contributed by atoms with Crippen LogP contribution < -0.4 is 0 Å². The van der Waals surface area contributed by atoms with Crippen LogP contribution >= 0.6 is 15.9 Å². The van der Waals surface area contributed by atoms with Crippen molar-refractivity contribution in [1.29, 1.82) is 0 Å². The van der Waals surface area contributed by atoms with Gasteiger partial charge < -0.3 is 0 Å². The second-order valence-corrected chi connectivity index (χ2v) is 4.30. The van der Waals surface area contributed by atoms with Crippen molar-refractivity contribution in [2.45, 2.75) is 19.4 Å². The summed E-state index contributed by atoms with van der Waals surface area (Å²) in [5, 5.41) is 0. The van der Waals surface area contributed by atoms with Crippen LogP contribution in [0.3, 0.4) is 0 Å². The molecule has 0 atom stereocenters. The second-order valence-electron chi connectivity index (χ2n) is 3.45. The van der Waals surface area contributed by atoms with Crippen LogP contribution in [0.5, 0.6) is 0 Å². The van der Waals surface area contributed by atoms with Gasteiger partial charge in [0.1, 0.15) is 0 Å². The van der Waals surface area contributed by atoms with Gasteiger partial charge in [-0.25, -0.2) is 0 Å². The average molecular weight is 241 g/mol. The molecule has 1 aliphatic heterocycles. The Morgan fingerprint density at radius 2 is 2.15 bits per heavy atom. The van der Waals surface area contributed by atoms with E-state index in [-0.39, 0.29) is 0 Å². The Kier molecular flexibility index (Phi) is 2.96. The largest absolute Gasteiger partial charge is 0.299 e. The molecule has 0 aliphatic carbocycles. The van der Waals surface area contributed by atoms with Gasteiger partial charge in [-0.1, -0.05) is 0 Å². The van der Waals surface area contributed by atoms with E-state index in [0.29, 0.717) is 0 Å². The van der Waals surface area contributed by atoms with Crippen LogP contribution in [0.15, 0.2) is 22.9 Å². The fraction of sp³-hybridized carbons (Fsp3) is 0.500. The Balaban J connectivity index is 2.04. The van der Waals surface area contributed by atoms with Crippen LogP contribution in [0, 0.1) is 0 Å². The number of nitrogens with zero attached hydrogens (tertiary/aromatic N) is 2. The predicted octanol–water partition coefficient (Wildman–Crippen LogP) is 2.44. The molecular formula is C10H13BrN2. The Morgan fingerprint density at radius 1 is 1.38 bits per heavy atom. The van der Waals surface area contributed by atoms with E-state index in [1.807, 2.05) is 12.4 Å². The Bertz CT molecular complexity index is 282. The topological polar surface area (TPSA) is 16.1 Å². The summed E-state index contributed by atoms with van der Waals surface area (Å²) in [6.45, 7) is 3.55. The Labute approximate surface area is 87.1 Å². The average Bonchev–Trinajstić information content (AvgIpc) is 2.61. The normalized spacial score (nSPS) is 17.9. The Hall–Kier alpha value is -0.410. The van der Waals surface area contributed by atoms with E-state index >= 15 is 0 Å². The molecule has 13 heavy (non-hydrogen) atoms. The quantitative estimate of drug-likeness (QED) is 0.790. The van der Waals surface area contributed by atoms with E-state index in [1.165, 1.54) is 31.5 Å². The monoisotopic (exact) mass is 240 g/mol. The molecule has 0 bridgehead atoms. The van der Waals surface area contributed by atoms with Crippen LogP contribution in [0.4, 0.5) is 0 Å². The molecule has 0 amide bonds. The SMILES string of the molecule is Brc1cnccc1CN1CCCC1. The van der Waals surface area contributed by atoms with Crippen molar-refractivity contribution < 1.29 is 0 Å². The molecular weight excluding hydrogens is 228 g/mol. The first-order valence-corrected chi connectivity index (χ1v) is 5.46. The lowest BCUT2D eigenvalue weighted by atomic mass is 10.2. The molecule has 70 valence electrons. The van der Waals surface area contributed by atoms with Crippen molar-refractivity contribution in [2.24, 2.45) is 0 Å². The zero-order valence-corrected chi connectivity index (χ0v) is 9.13. The summed E-state index contributed by atoms with van der Waals surface area (Å²) in [6.07, 6.45) is 6.42. The van der Waals surface area contributed by atoms with E-state index in [4.69, 9.17) is 0 Å². The molecule has 0 saturated carbocycles. The van der Waals surface area contributed by atoms with Crippen molar-refractivity contribution in [1.82, 2.24) is 9.88 Å². The molecule has 1 saturated heterocycles. The number of likely N-dealkylation sites (tertiary alicyclic amines) is 1. The fourth-order valence-electron chi connectivity index (χ4n) is 1.71. The highest BCUT2D eigenvalue weighted by Crippen LogP contribution is 2.18. The minimum atomic E-state index is 1.06. The molecule has 3 heteroatoms. The summed E-state index contributed by atoms with van der Waals surface area (Å²) in [6, 6.07) is 2.09. The highest BCUT2D eigenvalue weighted by Gasteiger charge is 2.12. The molecule has 2 rings (SSSR count). The number of hydrogen-bond donors (Lipinski definition) is 0. The molecule has 2 nitrogen and oxygen atoms in total. The van der Waals surface area contributed by atoms with Crippen LogP contribution in [0.2, 0.25) is 0 Å². The van der Waals surface area contributed by atoms with Gasteiger partial charge in [0.25, 0.3) is 0 Å². The summed E-state index contributed by atoms with van der Waals surface area (Å²) in [7, 11) is 0. The predicted molar refractivity (Wildman–Crippen MR) is 56.4 cm³/mol. The van der Waals surface area contributed by atoms with Crippen molar-refractivity contribution in [3.8, 4) is 0 Å². The van der Waals surface area contributed by atoms with Crippen molar-refractivity contribution in [2.75, 3.05) is 13.1 Å². The molecule has 0 unspecified atom stereocenters. The second kappa shape index (κ2) is 4.20. The van der Waals surface area contributed by atoms with E-state index in [0.717, 1.165) is 11.0 Å². The number of aromatic nitrogens is 1. The van der Waals surface area contributed by atoms with Crippen molar-refractivity contribution >= 4 is 15.9 Å². The third-order valence-electron chi connectivity index (χ3n) is 2.45. The van der Waals surface area contributed by atoms with Crippen molar-refractivity contribution in [3.05, 3.63) is 28.5 Å². The lowest BCUT2D eigenvalue weighted by Crippen LogP contribution is -2.18. The molecule has 1 aliphatic rings. The van der Waals surface area contributed by atoms with Crippen LogP contribution in [-0.4, -0.2) is 23.0 Å². The zero-order valence-electron chi connectivity index (χ0n) is 7.54. The highest BCUT2D eigenvalue weighted by atomic mass is 79.9. The third kappa shape index (κ3) is 2.29. The minimum absolute atomic E-state index is 1.06. The third-order valence-corrected chi connectivity index (χ3v) is 3.16. The van der Waals surface area contributed by atoms with E-state index in [1.54, 1.807) is 0 Å². The van der Waals surface area contributed by atoms with E-state index < -0.39 is 0 Å². The number of halogens is 1. The molecule has 1 aromatic heterocycles. The minimum Gasteiger partial charge on any atom is -0.299 e. The standard InChI is InChI=1S/C10H13BrN2/c11-10-7-12-4-3-9(10)8-13-5-1-2-6-13/h3-4,7H,1-2,5-6,8H2. The zero-order chi connectivity index (χ0) is 9.10. The van der Waals surface area contributed by atoms with Crippen LogP contribution in [0.25, 0.3) is 0 Å². The van der Waals surface area contributed by atoms with Gasteiger partial charge in [0.05, 0.1) is 0 Å². The van der Waals surface area contributed by atoms with Gasteiger partial charge in [-0.05, 0) is 53.5 Å². The summed E-state index contributed by atoms with van der Waals surface area (Å²) < 4.78 is 1.13. The summed E-state index contributed by atoms with van der Waals surface area (Å²) in [5.41, 5.74) is 1.34. The maximum Gasteiger partial charge on any atom is 0.0413 e. The van der Waals surface area contributed by atoms with Gasteiger partial charge in [-0.15, -0.1) is 0 Å². The molecule has 0 spiro atoms. The summed E-state index contributed by atoms with van der Waals surface area (Å²) in [4.78, 5) is 6.54. The molecule has 0 N–H and O–H groups in total. The summed E-state index contributed by atoms with van der Waals surface area (Å²) in [5.74, 6) is 0. The fourth-order valence-corrected chi connectivity index (χ4v) is 2.09. The van der Waals surface area contributed by atoms with E-state index in [2.05, 4.69) is 31.9 Å². The van der Waals surface area contributed by atoms with Gasteiger partial charge in [0.2, 0.25) is 0 Å². The van der Waals surface area contributed by atoms with Gasteiger partial charge in [0.15, 0.2) is 0 Å². The molecule has 0 aromatic carbocycles. The lowest BCUT2D eigenvalue weighted by Gasteiger charge is -2.14. The van der Waals surface area contributed by atoms with Crippen LogP contribution in [-0.2, 0) is 6.54 Å². The summed E-state index contributed by atoms with van der Waals surface area (Å²) >= 11 is 3.51. The van der Waals surface area contributed by atoms with Gasteiger partial charge >= 0.3 is 0 Å². The smallest absolute Gasteiger partial charge is 0.0413 e. The van der Waals surface area contributed by atoms with E-state index in [9.17, 15) is 0 Å². The molecule has 1 aromatic rings. The first kappa shape index (κ1) is 9.16. The first-order chi connectivity index (χ1) is 6.36. The maximum atomic E-state index is 4.05. The Morgan fingerprint density at radius 3 is 2.85 bits per heavy atom. The number of rotatable bonds is 2. The molecule has 0 radical (unpaired) electrons. The van der Waals surface area contributed by atoms with Crippen LogP contribution in [0.1, 0.15) is 18.4 Å². The highest BCUT2D eigenvalue weighted by molar-refractivity contribution is 9.10. The first-order valence-electron chi connectivity index (χ1n) is 4.67. The molecule has 1 fully saturated rings. The number of hydrogen-bond acceptors (Lipinski definition) is 2. The molecule has 2 heterocycles. The van der Waals surface area contributed by atoms with Gasteiger partial charge in [-0.3, -0.25) is 9.88 Å². The lowest BCUT2D eigenvalue weighted by molar-refractivity contribution is 0.330. The van der Waals surface area contributed by atoms with Gasteiger partial charge in [-0.2, -0.15) is 0 Å².